The fourth-order valence-corrected chi connectivity index (χ4v) is 1.49. The molecule has 0 saturated heterocycles. The molecule has 19 heavy (non-hydrogen) atoms. The van der Waals surface area contributed by atoms with E-state index in [0.717, 1.165) is 0 Å². The minimum atomic E-state index is -4.29. The number of benzene rings is 1. The molecule has 0 saturated carbocycles. The third-order valence-electron chi connectivity index (χ3n) is 2.33. The minimum absolute atomic E-state index is 0.0175. The number of hydrogen-bond acceptors (Lipinski definition) is 3. The summed E-state index contributed by atoms with van der Waals surface area (Å²) < 4.78 is 45.2. The van der Waals surface area contributed by atoms with Crippen LogP contribution in [0, 0.1) is 0 Å². The van der Waals surface area contributed by atoms with Crippen LogP contribution in [-0.2, 0) is 4.74 Å². The zero-order valence-electron chi connectivity index (χ0n) is 10.6. The van der Waals surface area contributed by atoms with Crippen molar-refractivity contribution < 1.29 is 27.8 Å². The monoisotopic (exact) mass is 278 g/mol. The van der Waals surface area contributed by atoms with Crippen molar-refractivity contribution in [2.45, 2.75) is 25.6 Å². The lowest BCUT2D eigenvalue weighted by Gasteiger charge is -2.13. The normalized spacial score (nSPS) is 13.3. The lowest BCUT2D eigenvalue weighted by molar-refractivity contribution is -0.174. The van der Waals surface area contributed by atoms with Gasteiger partial charge in [-0.05, 0) is 13.0 Å². The molecule has 1 rings (SSSR count). The molecule has 3 nitrogen and oxygen atoms in total. The third kappa shape index (κ3) is 6.45. The molecule has 0 aliphatic heterocycles. The van der Waals surface area contributed by atoms with E-state index < -0.39 is 18.9 Å². The van der Waals surface area contributed by atoms with Crippen LogP contribution in [0.2, 0.25) is 0 Å². The van der Waals surface area contributed by atoms with E-state index in [0.29, 0.717) is 17.7 Å². The molecule has 108 valence electrons. The number of hydrogen-bond donors (Lipinski definition) is 1. The van der Waals surface area contributed by atoms with Gasteiger partial charge in [0.05, 0.1) is 19.3 Å². The molecular formula is C13H17F3O3. The first kappa shape index (κ1) is 15.8. The van der Waals surface area contributed by atoms with Gasteiger partial charge in [0, 0.05) is 12.0 Å². The van der Waals surface area contributed by atoms with Crippen LogP contribution in [0.3, 0.4) is 0 Å². The van der Waals surface area contributed by atoms with Crippen molar-refractivity contribution in [2.24, 2.45) is 0 Å². The zero-order chi connectivity index (χ0) is 14.3. The number of alkyl halides is 3. The second-order valence-electron chi connectivity index (χ2n) is 4.08. The topological polar surface area (TPSA) is 38.7 Å². The van der Waals surface area contributed by atoms with Crippen LogP contribution in [0.5, 0.6) is 5.75 Å². The summed E-state index contributed by atoms with van der Waals surface area (Å²) in [7, 11) is 0. The van der Waals surface area contributed by atoms with Crippen molar-refractivity contribution in [1.29, 1.82) is 0 Å². The summed E-state index contributed by atoms with van der Waals surface area (Å²) in [6, 6.07) is 6.99. The van der Waals surface area contributed by atoms with Gasteiger partial charge in [0.1, 0.15) is 12.4 Å². The summed E-state index contributed by atoms with van der Waals surface area (Å²) in [5.74, 6) is 0.535. The van der Waals surface area contributed by atoms with Gasteiger partial charge in [-0.1, -0.05) is 18.2 Å². The highest BCUT2D eigenvalue weighted by atomic mass is 19.4. The largest absolute Gasteiger partial charge is 0.493 e. The average Bonchev–Trinajstić information content (AvgIpc) is 2.32. The molecule has 0 amide bonds. The van der Waals surface area contributed by atoms with E-state index in [1.54, 1.807) is 31.2 Å². The SMILES string of the molecule is C[C@H](O)c1ccccc1OCCCOCC(F)(F)F. The average molecular weight is 278 g/mol. The lowest BCUT2D eigenvalue weighted by atomic mass is 10.1. The predicted octanol–water partition coefficient (Wildman–Crippen LogP) is 3.09. The zero-order valence-corrected chi connectivity index (χ0v) is 10.6. The van der Waals surface area contributed by atoms with Crippen molar-refractivity contribution in [3.63, 3.8) is 0 Å². The summed E-state index contributed by atoms with van der Waals surface area (Å²) >= 11 is 0. The van der Waals surface area contributed by atoms with Gasteiger partial charge in [0.2, 0.25) is 0 Å². The Morgan fingerprint density at radius 1 is 1.21 bits per heavy atom. The number of rotatable bonds is 7. The van der Waals surface area contributed by atoms with Crippen LogP contribution >= 0.6 is 0 Å². The standard InChI is InChI=1S/C13H17F3O3/c1-10(17)11-5-2-3-6-12(11)19-8-4-7-18-9-13(14,15)16/h2-3,5-6,10,17H,4,7-9H2,1H3/t10-/m0/s1. The second-order valence-corrected chi connectivity index (χ2v) is 4.08. The summed E-state index contributed by atoms with van der Waals surface area (Å²) in [5, 5.41) is 9.51. The Labute approximate surface area is 110 Å². The van der Waals surface area contributed by atoms with Crippen LogP contribution in [0.25, 0.3) is 0 Å². The van der Waals surface area contributed by atoms with Crippen LogP contribution in [-0.4, -0.2) is 31.1 Å². The highest BCUT2D eigenvalue weighted by Crippen LogP contribution is 2.24. The maximum atomic E-state index is 11.8. The summed E-state index contributed by atoms with van der Waals surface area (Å²) in [6.45, 7) is 0.601. The molecule has 6 heteroatoms. The van der Waals surface area contributed by atoms with E-state index in [-0.39, 0.29) is 13.2 Å². The van der Waals surface area contributed by atoms with Gasteiger partial charge < -0.3 is 14.6 Å². The molecule has 0 aromatic heterocycles. The maximum absolute atomic E-state index is 11.8. The summed E-state index contributed by atoms with van der Waals surface area (Å²) in [6.07, 6.45) is -4.60. The Hall–Kier alpha value is -1.27. The van der Waals surface area contributed by atoms with Crippen molar-refractivity contribution in [1.82, 2.24) is 0 Å². The van der Waals surface area contributed by atoms with E-state index in [2.05, 4.69) is 4.74 Å². The molecule has 0 heterocycles. The molecule has 0 unspecified atom stereocenters. The molecule has 0 aliphatic carbocycles. The lowest BCUT2D eigenvalue weighted by Crippen LogP contribution is -2.18. The van der Waals surface area contributed by atoms with Crippen LogP contribution in [0.1, 0.15) is 25.0 Å². The molecule has 0 fully saturated rings. The first-order valence-corrected chi connectivity index (χ1v) is 5.94. The third-order valence-corrected chi connectivity index (χ3v) is 2.33. The van der Waals surface area contributed by atoms with Gasteiger partial charge in [-0.3, -0.25) is 0 Å². The first-order valence-electron chi connectivity index (χ1n) is 5.94. The summed E-state index contributed by atoms with van der Waals surface area (Å²) in [4.78, 5) is 0. The van der Waals surface area contributed by atoms with Crippen molar-refractivity contribution in [3.05, 3.63) is 29.8 Å². The highest BCUT2D eigenvalue weighted by molar-refractivity contribution is 5.34. The number of aliphatic hydroxyl groups is 1. The van der Waals surface area contributed by atoms with Crippen LogP contribution < -0.4 is 4.74 Å². The van der Waals surface area contributed by atoms with Crippen LogP contribution in [0.15, 0.2) is 24.3 Å². The number of halogens is 3. The Morgan fingerprint density at radius 3 is 2.53 bits per heavy atom. The highest BCUT2D eigenvalue weighted by Gasteiger charge is 2.27. The van der Waals surface area contributed by atoms with Crippen molar-refractivity contribution in [3.8, 4) is 5.75 Å². The number of ether oxygens (including phenoxy) is 2. The van der Waals surface area contributed by atoms with Crippen molar-refractivity contribution >= 4 is 0 Å². The number of para-hydroxylation sites is 1. The minimum Gasteiger partial charge on any atom is -0.493 e. The molecule has 0 spiro atoms. The van der Waals surface area contributed by atoms with Gasteiger partial charge in [0.15, 0.2) is 0 Å². The maximum Gasteiger partial charge on any atom is 0.411 e. The van der Waals surface area contributed by atoms with E-state index >= 15 is 0 Å². The molecule has 0 radical (unpaired) electrons. The van der Waals surface area contributed by atoms with Gasteiger partial charge in [-0.25, -0.2) is 0 Å². The summed E-state index contributed by atoms with van der Waals surface area (Å²) in [5.41, 5.74) is 0.652. The van der Waals surface area contributed by atoms with Gasteiger partial charge >= 0.3 is 6.18 Å². The molecule has 1 atom stereocenters. The van der Waals surface area contributed by atoms with Gasteiger partial charge in [-0.15, -0.1) is 0 Å². The fraction of sp³-hybridized carbons (Fsp3) is 0.538. The smallest absolute Gasteiger partial charge is 0.411 e. The van der Waals surface area contributed by atoms with E-state index in [1.165, 1.54) is 0 Å². The van der Waals surface area contributed by atoms with Crippen molar-refractivity contribution in [2.75, 3.05) is 19.8 Å². The molecule has 0 bridgehead atoms. The molecule has 0 aliphatic rings. The fourth-order valence-electron chi connectivity index (χ4n) is 1.49. The molecular weight excluding hydrogens is 261 g/mol. The quantitative estimate of drug-likeness (QED) is 0.779. The predicted molar refractivity (Wildman–Crippen MR) is 64.1 cm³/mol. The van der Waals surface area contributed by atoms with E-state index in [9.17, 15) is 18.3 Å². The molecule has 1 aromatic rings. The first-order chi connectivity index (χ1) is 8.90. The number of aliphatic hydroxyl groups excluding tert-OH is 1. The molecule has 1 aromatic carbocycles. The van der Waals surface area contributed by atoms with E-state index in [4.69, 9.17) is 4.74 Å². The second kappa shape index (κ2) is 7.35. The Kier molecular flexibility index (Phi) is 6.11. The molecule has 1 N–H and O–H groups in total. The van der Waals surface area contributed by atoms with E-state index in [1.807, 2.05) is 0 Å². The Morgan fingerprint density at radius 2 is 1.89 bits per heavy atom. The van der Waals surface area contributed by atoms with Gasteiger partial charge in [-0.2, -0.15) is 13.2 Å². The van der Waals surface area contributed by atoms with Crippen LogP contribution in [0.4, 0.5) is 13.2 Å². The Bertz CT molecular complexity index is 378. The Balaban J connectivity index is 2.26. The van der Waals surface area contributed by atoms with Gasteiger partial charge in [0.25, 0.3) is 0 Å².